The smallest absolute Gasteiger partial charge is 0.295 e. The van der Waals surface area contributed by atoms with E-state index in [-0.39, 0.29) is 16.9 Å². The molecular formula is C25H30N2O5. The van der Waals surface area contributed by atoms with Crippen LogP contribution in [0.4, 0.5) is 0 Å². The van der Waals surface area contributed by atoms with Gasteiger partial charge in [-0.05, 0) is 43.3 Å². The lowest BCUT2D eigenvalue weighted by atomic mass is 9.93. The van der Waals surface area contributed by atoms with Gasteiger partial charge in [0.15, 0.2) is 0 Å². The Hall–Kier alpha value is -3.32. The molecule has 1 amide bonds. The molecule has 2 aromatic carbocycles. The number of carbonyl (C=O) groups excluding carboxylic acids is 2. The number of hydrogen-bond acceptors (Lipinski definition) is 6. The number of hydrogen-bond donors (Lipinski definition) is 2. The highest BCUT2D eigenvalue weighted by molar-refractivity contribution is 6.46. The van der Waals surface area contributed by atoms with Gasteiger partial charge in [-0.15, -0.1) is 0 Å². The van der Waals surface area contributed by atoms with Crippen molar-refractivity contribution in [2.45, 2.75) is 25.8 Å². The minimum atomic E-state index is -0.769. The van der Waals surface area contributed by atoms with Gasteiger partial charge in [0, 0.05) is 19.2 Å². The molecule has 0 saturated carbocycles. The summed E-state index contributed by atoms with van der Waals surface area (Å²) in [4.78, 5) is 29.4. The Morgan fingerprint density at radius 2 is 1.78 bits per heavy atom. The lowest BCUT2D eigenvalue weighted by Crippen LogP contribution is -2.35. The Labute approximate surface area is 188 Å². The van der Waals surface area contributed by atoms with Crippen LogP contribution in [-0.4, -0.2) is 66.0 Å². The highest BCUT2D eigenvalue weighted by Crippen LogP contribution is 2.41. The summed E-state index contributed by atoms with van der Waals surface area (Å²) in [6, 6.07) is 11.3. The second-order valence-corrected chi connectivity index (χ2v) is 8.50. The lowest BCUT2D eigenvalue weighted by molar-refractivity contribution is -0.140. The second kappa shape index (κ2) is 9.44. The molecule has 1 atom stereocenters. The molecule has 0 spiro atoms. The van der Waals surface area contributed by atoms with Crippen molar-refractivity contribution < 1.29 is 24.5 Å². The average molecular weight is 439 g/mol. The quantitative estimate of drug-likeness (QED) is 0.391. The highest BCUT2D eigenvalue weighted by Gasteiger charge is 2.46. The van der Waals surface area contributed by atoms with E-state index < -0.39 is 23.5 Å². The number of likely N-dealkylation sites (N-methyl/N-ethyl adjacent to an activating group) is 1. The zero-order chi connectivity index (χ0) is 23.6. The standard InChI is InChI=1S/C25H30N2O5/c1-15(2)16-6-8-17(9-7-16)22-21(24(30)25(31)27(22)13-12-26(3)4)23(29)19-11-10-18(32-5)14-20(19)28/h6-11,14-15,22,28-29H,12-13H2,1-5H3/t22-/m1/s1. The highest BCUT2D eigenvalue weighted by atomic mass is 16.5. The Morgan fingerprint density at radius 3 is 2.31 bits per heavy atom. The predicted octanol–water partition coefficient (Wildman–Crippen LogP) is 3.51. The fraction of sp³-hybridized carbons (Fsp3) is 0.360. The van der Waals surface area contributed by atoms with Crippen LogP contribution in [0.1, 0.15) is 42.5 Å². The van der Waals surface area contributed by atoms with Gasteiger partial charge >= 0.3 is 0 Å². The van der Waals surface area contributed by atoms with Crippen molar-refractivity contribution in [3.05, 3.63) is 64.7 Å². The number of rotatable bonds is 7. The molecule has 0 unspecified atom stereocenters. The number of methoxy groups -OCH3 is 1. The van der Waals surface area contributed by atoms with Gasteiger partial charge in [-0.3, -0.25) is 9.59 Å². The molecule has 0 aliphatic carbocycles. The summed E-state index contributed by atoms with van der Waals surface area (Å²) >= 11 is 0. The van der Waals surface area contributed by atoms with Crippen LogP contribution >= 0.6 is 0 Å². The van der Waals surface area contributed by atoms with Crippen molar-refractivity contribution in [1.82, 2.24) is 9.80 Å². The number of carbonyl (C=O) groups is 2. The number of phenols is 1. The van der Waals surface area contributed by atoms with Gasteiger partial charge in [0.05, 0.1) is 24.3 Å². The molecule has 0 aromatic heterocycles. The molecule has 7 nitrogen and oxygen atoms in total. The molecule has 1 fully saturated rings. The topological polar surface area (TPSA) is 90.3 Å². The van der Waals surface area contributed by atoms with Gasteiger partial charge in [-0.25, -0.2) is 0 Å². The number of amides is 1. The molecule has 2 aromatic rings. The maximum absolute atomic E-state index is 13.0. The van der Waals surface area contributed by atoms with Crippen LogP contribution in [0.3, 0.4) is 0 Å². The number of aliphatic hydroxyl groups is 1. The van der Waals surface area contributed by atoms with E-state index in [0.29, 0.717) is 24.8 Å². The molecule has 32 heavy (non-hydrogen) atoms. The Bertz CT molecular complexity index is 1040. The Kier molecular flexibility index (Phi) is 6.89. The van der Waals surface area contributed by atoms with Crippen LogP contribution < -0.4 is 4.74 Å². The fourth-order valence-electron chi connectivity index (χ4n) is 3.81. The maximum Gasteiger partial charge on any atom is 0.295 e. The molecule has 170 valence electrons. The van der Waals surface area contributed by atoms with Gasteiger partial charge in [-0.2, -0.15) is 0 Å². The van der Waals surface area contributed by atoms with E-state index >= 15 is 0 Å². The Balaban J connectivity index is 2.15. The number of phenolic OH excluding ortho intramolecular Hbond substituents is 1. The van der Waals surface area contributed by atoms with Gasteiger partial charge in [0.2, 0.25) is 0 Å². The van der Waals surface area contributed by atoms with E-state index in [1.807, 2.05) is 43.3 Å². The predicted molar refractivity (Wildman–Crippen MR) is 123 cm³/mol. The Morgan fingerprint density at radius 1 is 1.12 bits per heavy atom. The number of ketones is 1. The van der Waals surface area contributed by atoms with Crippen LogP contribution in [0.2, 0.25) is 0 Å². The third-order valence-corrected chi connectivity index (χ3v) is 5.71. The van der Waals surface area contributed by atoms with E-state index in [9.17, 15) is 19.8 Å². The van der Waals surface area contributed by atoms with Crippen molar-refractivity contribution in [3.63, 3.8) is 0 Å². The van der Waals surface area contributed by atoms with E-state index in [1.54, 1.807) is 6.07 Å². The zero-order valence-corrected chi connectivity index (χ0v) is 19.1. The third kappa shape index (κ3) is 4.48. The molecule has 1 aliphatic heterocycles. The molecule has 1 aliphatic rings. The van der Waals surface area contributed by atoms with E-state index in [2.05, 4.69) is 13.8 Å². The number of benzene rings is 2. The SMILES string of the molecule is COc1ccc(C(O)=C2C(=O)C(=O)N(CCN(C)C)[C@@H]2c2ccc(C(C)C)cc2)c(O)c1. The normalized spacial score (nSPS) is 18.1. The molecular weight excluding hydrogens is 408 g/mol. The number of aliphatic hydroxyl groups excluding tert-OH is 1. The molecule has 0 radical (unpaired) electrons. The number of ether oxygens (including phenoxy) is 1. The van der Waals surface area contributed by atoms with Crippen LogP contribution in [0.5, 0.6) is 11.5 Å². The van der Waals surface area contributed by atoms with Gasteiger partial charge in [-0.1, -0.05) is 38.1 Å². The van der Waals surface area contributed by atoms with E-state index in [4.69, 9.17) is 4.74 Å². The summed E-state index contributed by atoms with van der Waals surface area (Å²) < 4.78 is 5.09. The van der Waals surface area contributed by atoms with Crippen molar-refractivity contribution in [1.29, 1.82) is 0 Å². The van der Waals surface area contributed by atoms with Crippen molar-refractivity contribution in [2.75, 3.05) is 34.3 Å². The van der Waals surface area contributed by atoms with E-state index in [0.717, 1.165) is 11.1 Å². The average Bonchev–Trinajstić information content (AvgIpc) is 3.01. The van der Waals surface area contributed by atoms with Crippen LogP contribution in [0.15, 0.2) is 48.0 Å². The van der Waals surface area contributed by atoms with Crippen LogP contribution in [-0.2, 0) is 9.59 Å². The first-order valence-electron chi connectivity index (χ1n) is 10.6. The fourth-order valence-corrected chi connectivity index (χ4v) is 3.81. The minimum Gasteiger partial charge on any atom is -0.507 e. The van der Waals surface area contributed by atoms with Crippen LogP contribution in [0, 0.1) is 0 Å². The molecule has 1 heterocycles. The number of aromatic hydroxyl groups is 1. The van der Waals surface area contributed by atoms with Crippen molar-refractivity contribution in [2.24, 2.45) is 0 Å². The molecule has 1 saturated heterocycles. The summed E-state index contributed by atoms with van der Waals surface area (Å²) in [5, 5.41) is 21.5. The monoisotopic (exact) mass is 438 g/mol. The van der Waals surface area contributed by atoms with Gasteiger partial charge < -0.3 is 24.7 Å². The van der Waals surface area contributed by atoms with Crippen molar-refractivity contribution >= 4 is 17.4 Å². The van der Waals surface area contributed by atoms with Crippen LogP contribution in [0.25, 0.3) is 5.76 Å². The summed E-state index contributed by atoms with van der Waals surface area (Å²) in [6.07, 6.45) is 0. The molecule has 7 heteroatoms. The van der Waals surface area contributed by atoms with Gasteiger partial charge in [0.1, 0.15) is 17.3 Å². The maximum atomic E-state index is 13.0. The summed E-state index contributed by atoms with van der Waals surface area (Å²) in [5.74, 6) is -1.34. The van der Waals surface area contributed by atoms with E-state index in [1.165, 1.54) is 24.1 Å². The summed E-state index contributed by atoms with van der Waals surface area (Å²) in [7, 11) is 5.24. The second-order valence-electron chi connectivity index (χ2n) is 8.50. The summed E-state index contributed by atoms with van der Waals surface area (Å²) in [5.41, 5.74) is 1.89. The minimum absolute atomic E-state index is 0.0356. The van der Waals surface area contributed by atoms with Crippen molar-refractivity contribution in [3.8, 4) is 11.5 Å². The number of nitrogens with zero attached hydrogens (tertiary/aromatic N) is 2. The third-order valence-electron chi connectivity index (χ3n) is 5.71. The molecule has 3 rings (SSSR count). The number of Topliss-reactive ketones (excluding diaryl/α,β-unsaturated/α-hetero) is 1. The summed E-state index contributed by atoms with van der Waals surface area (Å²) in [6.45, 7) is 5.05. The van der Waals surface area contributed by atoms with Gasteiger partial charge in [0.25, 0.3) is 11.7 Å². The first-order valence-corrected chi connectivity index (χ1v) is 10.6. The first kappa shape index (κ1) is 23.3. The molecule has 0 bridgehead atoms. The zero-order valence-electron chi connectivity index (χ0n) is 19.1. The number of likely N-dealkylation sites (tertiary alicyclic amines) is 1. The lowest BCUT2D eigenvalue weighted by Gasteiger charge is -2.27. The largest absolute Gasteiger partial charge is 0.507 e. The molecule has 2 N–H and O–H groups in total. The first-order chi connectivity index (χ1) is 15.1.